The molecule has 1 atom stereocenters. The zero-order valence-corrected chi connectivity index (χ0v) is 9.96. The second-order valence-electron chi connectivity index (χ2n) is 4.06. The maximum Gasteiger partial charge on any atom is 0.287 e. The lowest BCUT2D eigenvalue weighted by Gasteiger charge is -2.10. The lowest BCUT2D eigenvalue weighted by atomic mass is 10.1. The maximum absolute atomic E-state index is 11.7. The van der Waals surface area contributed by atoms with Crippen molar-refractivity contribution in [3.63, 3.8) is 0 Å². The molecule has 0 aromatic heterocycles. The third-order valence-electron chi connectivity index (χ3n) is 2.56. The molecule has 92 valence electrons. The Morgan fingerprint density at radius 2 is 2.06 bits per heavy atom. The summed E-state index contributed by atoms with van der Waals surface area (Å²) in [6.45, 7) is 2.44. The Hall–Kier alpha value is -2.30. The normalized spacial score (nSPS) is 17.8. The number of amides is 2. The summed E-state index contributed by atoms with van der Waals surface area (Å²) in [7, 11) is 0. The van der Waals surface area contributed by atoms with E-state index in [0.717, 1.165) is 5.56 Å². The summed E-state index contributed by atoms with van der Waals surface area (Å²) < 4.78 is 0. The summed E-state index contributed by atoms with van der Waals surface area (Å²) in [5.74, 6) is -0.694. The van der Waals surface area contributed by atoms with Gasteiger partial charge in [0.15, 0.2) is 6.04 Å². The van der Waals surface area contributed by atoms with Gasteiger partial charge in [0.05, 0.1) is 0 Å². The molecular weight excluding hydrogens is 230 g/mol. The molecule has 1 N–H and O–H groups in total. The van der Waals surface area contributed by atoms with Gasteiger partial charge in [-0.25, -0.2) is 0 Å². The Kier molecular flexibility index (Phi) is 3.62. The highest BCUT2D eigenvalue weighted by molar-refractivity contribution is 5.92. The summed E-state index contributed by atoms with van der Waals surface area (Å²) in [4.78, 5) is 22.5. The largest absolute Gasteiger partial charge is 0.350 e. The second-order valence-corrected chi connectivity index (χ2v) is 4.06. The quantitative estimate of drug-likeness (QED) is 0.874. The first kappa shape index (κ1) is 12.2. The predicted octanol–water partition coefficient (Wildman–Crippen LogP) is 1.53. The summed E-state index contributed by atoms with van der Waals surface area (Å²) in [5.41, 5.74) is 2.19. The van der Waals surface area contributed by atoms with Crippen LogP contribution in [0.3, 0.4) is 0 Å². The van der Waals surface area contributed by atoms with Gasteiger partial charge in [-0.2, -0.15) is 5.11 Å². The Bertz CT molecular complexity index is 502. The molecule has 1 aromatic carbocycles. The molecular formula is C13H13N3O2. The molecule has 2 rings (SSSR count). The van der Waals surface area contributed by atoms with Gasteiger partial charge in [0.25, 0.3) is 11.8 Å². The van der Waals surface area contributed by atoms with E-state index in [1.165, 1.54) is 17.7 Å². The van der Waals surface area contributed by atoms with E-state index in [4.69, 9.17) is 0 Å². The number of hydrogen-bond donors (Lipinski definition) is 1. The molecule has 1 aromatic rings. The van der Waals surface area contributed by atoms with E-state index in [2.05, 4.69) is 15.5 Å². The Morgan fingerprint density at radius 1 is 1.33 bits per heavy atom. The van der Waals surface area contributed by atoms with E-state index in [9.17, 15) is 9.59 Å². The van der Waals surface area contributed by atoms with Crippen molar-refractivity contribution in [1.29, 1.82) is 0 Å². The minimum absolute atomic E-state index is 0.261. The number of carbonyl (C=O) groups is 2. The van der Waals surface area contributed by atoms with Gasteiger partial charge in [-0.1, -0.05) is 29.8 Å². The van der Waals surface area contributed by atoms with Crippen LogP contribution in [0.15, 0.2) is 46.6 Å². The van der Waals surface area contributed by atoms with Crippen LogP contribution in [0.2, 0.25) is 0 Å². The fourth-order valence-corrected chi connectivity index (χ4v) is 1.50. The molecule has 2 amide bonds. The average Bonchev–Trinajstić information content (AvgIpc) is 2.38. The SMILES string of the molecule is Cc1ccc(CNC(=O)C2C=CC(=O)N=N2)cc1. The van der Waals surface area contributed by atoms with Gasteiger partial charge in [-0.3, -0.25) is 9.59 Å². The van der Waals surface area contributed by atoms with Crippen LogP contribution in [0, 0.1) is 6.92 Å². The van der Waals surface area contributed by atoms with Crippen molar-refractivity contribution >= 4 is 11.8 Å². The third kappa shape index (κ3) is 3.10. The zero-order valence-electron chi connectivity index (χ0n) is 9.96. The fourth-order valence-electron chi connectivity index (χ4n) is 1.50. The van der Waals surface area contributed by atoms with Crippen LogP contribution in [-0.2, 0) is 16.1 Å². The standard InChI is InChI=1S/C13H13N3O2/c1-9-2-4-10(5-3-9)8-14-13(18)11-6-7-12(17)16-15-11/h2-7,11H,8H2,1H3,(H,14,18). The number of benzene rings is 1. The highest BCUT2D eigenvalue weighted by Crippen LogP contribution is 2.05. The Balaban J connectivity index is 1.89. The topological polar surface area (TPSA) is 70.9 Å². The first-order valence-electron chi connectivity index (χ1n) is 5.61. The highest BCUT2D eigenvalue weighted by atomic mass is 16.2. The molecule has 18 heavy (non-hydrogen) atoms. The van der Waals surface area contributed by atoms with Crippen molar-refractivity contribution in [3.8, 4) is 0 Å². The van der Waals surface area contributed by atoms with Crippen LogP contribution in [0.5, 0.6) is 0 Å². The van der Waals surface area contributed by atoms with E-state index in [1.807, 2.05) is 31.2 Å². The predicted molar refractivity (Wildman–Crippen MR) is 65.8 cm³/mol. The number of nitrogens with zero attached hydrogens (tertiary/aromatic N) is 2. The molecule has 0 fully saturated rings. The van der Waals surface area contributed by atoms with Gasteiger partial charge in [0.2, 0.25) is 0 Å². The number of nitrogens with one attached hydrogen (secondary N) is 1. The molecule has 0 bridgehead atoms. The van der Waals surface area contributed by atoms with E-state index in [1.54, 1.807) is 0 Å². The summed E-state index contributed by atoms with van der Waals surface area (Å²) >= 11 is 0. The van der Waals surface area contributed by atoms with Crippen LogP contribution in [0.1, 0.15) is 11.1 Å². The van der Waals surface area contributed by atoms with Crippen molar-refractivity contribution in [2.75, 3.05) is 0 Å². The molecule has 5 nitrogen and oxygen atoms in total. The van der Waals surface area contributed by atoms with Gasteiger partial charge in [-0.05, 0) is 18.6 Å². The number of carbonyl (C=O) groups excluding carboxylic acids is 2. The third-order valence-corrected chi connectivity index (χ3v) is 2.56. The number of aryl methyl sites for hydroxylation is 1. The Morgan fingerprint density at radius 3 is 2.67 bits per heavy atom. The van der Waals surface area contributed by atoms with Gasteiger partial charge in [0, 0.05) is 12.6 Å². The lowest BCUT2D eigenvalue weighted by molar-refractivity contribution is -0.121. The van der Waals surface area contributed by atoms with Gasteiger partial charge < -0.3 is 5.32 Å². The van der Waals surface area contributed by atoms with Crippen molar-refractivity contribution in [2.45, 2.75) is 19.5 Å². The van der Waals surface area contributed by atoms with E-state index >= 15 is 0 Å². The van der Waals surface area contributed by atoms with Crippen molar-refractivity contribution in [1.82, 2.24) is 5.32 Å². The molecule has 0 radical (unpaired) electrons. The summed E-state index contributed by atoms with van der Waals surface area (Å²) in [6.07, 6.45) is 2.70. The maximum atomic E-state index is 11.7. The number of rotatable bonds is 3. The molecule has 1 heterocycles. The first-order chi connectivity index (χ1) is 8.65. The molecule has 0 saturated heterocycles. The van der Waals surface area contributed by atoms with Crippen molar-refractivity contribution in [3.05, 3.63) is 47.5 Å². The molecule has 0 saturated carbocycles. The van der Waals surface area contributed by atoms with E-state index in [0.29, 0.717) is 6.54 Å². The summed E-state index contributed by atoms with van der Waals surface area (Å²) in [5, 5.41) is 9.70. The minimum atomic E-state index is -0.701. The second kappa shape index (κ2) is 5.35. The van der Waals surface area contributed by atoms with Crippen molar-refractivity contribution < 1.29 is 9.59 Å². The van der Waals surface area contributed by atoms with Crippen LogP contribution in [0.25, 0.3) is 0 Å². The average molecular weight is 243 g/mol. The molecule has 1 aliphatic rings. The molecule has 1 unspecified atom stereocenters. The zero-order chi connectivity index (χ0) is 13.0. The van der Waals surface area contributed by atoms with Gasteiger partial charge >= 0.3 is 0 Å². The smallest absolute Gasteiger partial charge is 0.287 e. The van der Waals surface area contributed by atoms with Crippen LogP contribution >= 0.6 is 0 Å². The number of hydrogen-bond acceptors (Lipinski definition) is 3. The van der Waals surface area contributed by atoms with E-state index in [-0.39, 0.29) is 5.91 Å². The van der Waals surface area contributed by atoms with Gasteiger partial charge in [-0.15, -0.1) is 5.11 Å². The number of azo groups is 1. The molecule has 5 heteroatoms. The molecule has 0 aliphatic carbocycles. The minimum Gasteiger partial charge on any atom is -0.350 e. The molecule has 1 aliphatic heterocycles. The summed E-state index contributed by atoms with van der Waals surface area (Å²) in [6, 6.07) is 7.18. The first-order valence-corrected chi connectivity index (χ1v) is 5.61. The van der Waals surface area contributed by atoms with Crippen LogP contribution in [0.4, 0.5) is 0 Å². The lowest BCUT2D eigenvalue weighted by Crippen LogP contribution is -2.32. The van der Waals surface area contributed by atoms with Crippen LogP contribution < -0.4 is 5.32 Å². The fraction of sp³-hybridized carbons (Fsp3) is 0.231. The monoisotopic (exact) mass is 243 g/mol. The Labute approximate surface area is 105 Å². The van der Waals surface area contributed by atoms with E-state index < -0.39 is 11.9 Å². The molecule has 0 spiro atoms. The van der Waals surface area contributed by atoms with Crippen LogP contribution in [-0.4, -0.2) is 17.9 Å². The van der Waals surface area contributed by atoms with Gasteiger partial charge in [0.1, 0.15) is 0 Å². The highest BCUT2D eigenvalue weighted by Gasteiger charge is 2.17. The van der Waals surface area contributed by atoms with Crippen molar-refractivity contribution in [2.24, 2.45) is 10.2 Å².